The molecule has 1 aromatic carbocycles. The monoisotopic (exact) mass is 628 g/mol. The van der Waals surface area contributed by atoms with Crippen LogP contribution >= 0.6 is 11.6 Å². The van der Waals surface area contributed by atoms with Crippen LogP contribution in [0.5, 0.6) is 0 Å². The number of halogens is 2. The Hall–Kier alpha value is -4.30. The quantitative estimate of drug-likeness (QED) is 0.293. The van der Waals surface area contributed by atoms with Gasteiger partial charge in [-0.1, -0.05) is 17.7 Å². The van der Waals surface area contributed by atoms with Crippen LogP contribution in [-0.4, -0.2) is 66.3 Å². The van der Waals surface area contributed by atoms with Crippen LogP contribution in [0.3, 0.4) is 0 Å². The first-order chi connectivity index (χ1) is 20.3. The number of piperazine rings is 1. The van der Waals surface area contributed by atoms with Crippen LogP contribution in [-0.2, 0) is 17.1 Å². The number of fused-ring (bicyclic) bond motifs is 1. The van der Waals surface area contributed by atoms with Gasteiger partial charge in [0.05, 0.1) is 28.9 Å². The second-order valence-electron chi connectivity index (χ2n) is 10.4. The van der Waals surface area contributed by atoms with Crippen molar-refractivity contribution >= 4 is 55.9 Å². The summed E-state index contributed by atoms with van der Waals surface area (Å²) < 4.78 is 41.1. The smallest absolute Gasteiger partial charge is 0.285 e. The number of hydrogen-bond donors (Lipinski definition) is 2. The molecule has 15 heteroatoms. The molecule has 12 nitrogen and oxygen atoms in total. The van der Waals surface area contributed by atoms with Crippen molar-refractivity contribution in [2.45, 2.75) is 19.9 Å². The number of pyridine rings is 2. The fourth-order valence-corrected chi connectivity index (χ4v) is 5.72. The number of anilines is 3. The summed E-state index contributed by atoms with van der Waals surface area (Å²) in [6.45, 7) is 5.66. The van der Waals surface area contributed by atoms with Crippen LogP contribution in [0.25, 0.3) is 10.9 Å². The number of sulfonamides is 1. The van der Waals surface area contributed by atoms with Gasteiger partial charge in [-0.05, 0) is 49.7 Å². The molecule has 0 unspecified atom stereocenters. The summed E-state index contributed by atoms with van der Waals surface area (Å²) in [4.78, 5) is 43.3. The third-order valence-corrected chi connectivity index (χ3v) is 7.89. The molecule has 1 atom stereocenters. The first kappa shape index (κ1) is 30.2. The molecule has 0 saturated carbocycles. The number of hydrogen-bond acceptors (Lipinski definition) is 10. The first-order valence-electron chi connectivity index (χ1n) is 13.4. The van der Waals surface area contributed by atoms with Crippen molar-refractivity contribution in [3.05, 3.63) is 80.7 Å². The number of aryl methyl sites for hydroxylation is 1. The Bertz CT molecular complexity index is 1890. The van der Waals surface area contributed by atoms with Crippen LogP contribution < -0.4 is 25.4 Å². The predicted octanol–water partition coefficient (Wildman–Crippen LogP) is 3.01. The number of carbonyl (C=O) groups is 1. The number of amides is 1. The molecule has 5 rings (SSSR count). The van der Waals surface area contributed by atoms with Crippen molar-refractivity contribution in [3.63, 3.8) is 0 Å². The summed E-state index contributed by atoms with van der Waals surface area (Å²) in [7, 11) is -2.18. The van der Waals surface area contributed by atoms with Crippen molar-refractivity contribution in [2.24, 2.45) is 7.05 Å². The third kappa shape index (κ3) is 6.39. The minimum absolute atomic E-state index is 0.0125. The van der Waals surface area contributed by atoms with E-state index in [2.05, 4.69) is 15.3 Å². The van der Waals surface area contributed by atoms with Crippen molar-refractivity contribution in [1.29, 1.82) is 0 Å². The number of aromatic nitrogens is 4. The number of nitrogens with one attached hydrogen (secondary N) is 2. The van der Waals surface area contributed by atoms with Crippen molar-refractivity contribution < 1.29 is 17.6 Å². The highest BCUT2D eigenvalue weighted by atomic mass is 35.5. The molecule has 1 fully saturated rings. The van der Waals surface area contributed by atoms with Crippen molar-refractivity contribution in [1.82, 2.24) is 24.2 Å². The molecule has 4 heterocycles. The molecule has 0 aliphatic carbocycles. The zero-order chi connectivity index (χ0) is 31.1. The predicted molar refractivity (Wildman–Crippen MR) is 164 cm³/mol. The fraction of sp³-hybridized carbons (Fsp3) is 0.321. The van der Waals surface area contributed by atoms with E-state index >= 15 is 0 Å². The minimum atomic E-state index is -3.85. The van der Waals surface area contributed by atoms with Gasteiger partial charge in [-0.25, -0.2) is 32.5 Å². The molecule has 1 saturated heterocycles. The Morgan fingerprint density at radius 3 is 2.47 bits per heavy atom. The average molecular weight is 629 g/mol. The lowest BCUT2D eigenvalue weighted by atomic mass is 10.0. The van der Waals surface area contributed by atoms with E-state index in [4.69, 9.17) is 16.6 Å². The van der Waals surface area contributed by atoms with Crippen LogP contribution in [0.1, 0.15) is 34.6 Å². The van der Waals surface area contributed by atoms with Gasteiger partial charge in [0.1, 0.15) is 5.15 Å². The normalized spacial score (nSPS) is 14.6. The highest BCUT2D eigenvalue weighted by molar-refractivity contribution is 7.89. The maximum absolute atomic E-state index is 14.3. The van der Waals surface area contributed by atoms with Gasteiger partial charge in [-0.15, -0.1) is 0 Å². The summed E-state index contributed by atoms with van der Waals surface area (Å²) in [6.07, 6.45) is 2.42. The zero-order valence-electron chi connectivity index (χ0n) is 23.9. The molecule has 1 amide bonds. The van der Waals surface area contributed by atoms with Crippen LogP contribution in [0.2, 0.25) is 5.15 Å². The molecule has 0 bridgehead atoms. The van der Waals surface area contributed by atoms with Crippen LogP contribution in [0.4, 0.5) is 21.8 Å². The number of benzene rings is 1. The molecule has 0 radical (unpaired) electrons. The third-order valence-electron chi connectivity index (χ3n) is 7.12. The first-order valence-corrected chi connectivity index (χ1v) is 15.7. The Labute approximate surface area is 252 Å². The molecule has 0 spiro atoms. The minimum Gasteiger partial charge on any atom is -0.377 e. The number of nitrogens with zero attached hydrogens (tertiary/aromatic N) is 6. The lowest BCUT2D eigenvalue weighted by Crippen LogP contribution is -2.48. The molecule has 1 aliphatic heterocycles. The van der Waals surface area contributed by atoms with Gasteiger partial charge in [-0.3, -0.25) is 14.2 Å². The summed E-state index contributed by atoms with van der Waals surface area (Å²) >= 11 is 6.01. The molecule has 2 N–H and O–H groups in total. The van der Waals surface area contributed by atoms with Gasteiger partial charge >= 0.3 is 0 Å². The van der Waals surface area contributed by atoms with E-state index in [1.807, 2.05) is 34.4 Å². The lowest BCUT2D eigenvalue weighted by molar-refractivity contribution is 0.0977. The summed E-state index contributed by atoms with van der Waals surface area (Å²) in [5.74, 6) is -0.562. The Morgan fingerprint density at radius 2 is 1.79 bits per heavy atom. The Balaban J connectivity index is 1.49. The van der Waals surface area contributed by atoms with E-state index in [-0.39, 0.29) is 27.9 Å². The van der Waals surface area contributed by atoms with Crippen molar-refractivity contribution in [2.75, 3.05) is 47.6 Å². The SMILES string of the molecule is Cc1cc([C@@H](C)Nc2ccc(Cl)nc2C(=O)NS(C)(=O)=O)c2nc(N3CCN(c4ncccc4F)CC3)n(C)c(=O)c2c1. The van der Waals surface area contributed by atoms with Crippen LogP contribution in [0, 0.1) is 12.7 Å². The van der Waals surface area contributed by atoms with Crippen LogP contribution in [0.15, 0.2) is 47.4 Å². The average Bonchev–Trinajstić information content (AvgIpc) is 2.95. The van der Waals surface area contributed by atoms with E-state index in [0.29, 0.717) is 54.4 Å². The largest absolute Gasteiger partial charge is 0.377 e. The molecule has 3 aromatic heterocycles. The van der Waals surface area contributed by atoms with E-state index in [1.54, 1.807) is 25.4 Å². The van der Waals surface area contributed by atoms with Gasteiger partial charge in [0, 0.05) is 45.0 Å². The van der Waals surface area contributed by atoms with Crippen molar-refractivity contribution in [3.8, 4) is 0 Å². The standard InChI is InChI=1S/C28H30ClFN8O4S/c1-16-14-18(17(2)32-21-7-8-22(29)33-24(21)26(39)35-43(4,41)42)23-19(15-16)27(40)36(3)28(34-23)38-12-10-37(11-13-38)25-20(30)6-5-9-31-25/h5-9,14-15,17,32H,10-13H2,1-4H3,(H,35,39)/t17-/m1/s1. The van der Waals surface area contributed by atoms with Gasteiger partial charge in [0.15, 0.2) is 17.3 Å². The molecule has 1 aliphatic rings. The molecular weight excluding hydrogens is 599 g/mol. The molecule has 43 heavy (non-hydrogen) atoms. The van der Waals surface area contributed by atoms with Gasteiger partial charge < -0.3 is 15.1 Å². The maximum Gasteiger partial charge on any atom is 0.285 e. The molecular formula is C28H30ClFN8O4S. The summed E-state index contributed by atoms with van der Waals surface area (Å²) in [5, 5.41) is 3.65. The fourth-order valence-electron chi connectivity index (χ4n) is 5.13. The zero-order valence-corrected chi connectivity index (χ0v) is 25.5. The second-order valence-corrected chi connectivity index (χ2v) is 12.5. The topological polar surface area (TPSA) is 142 Å². The summed E-state index contributed by atoms with van der Waals surface area (Å²) in [6, 6.07) is 9.12. The molecule has 226 valence electrons. The summed E-state index contributed by atoms with van der Waals surface area (Å²) in [5.41, 5.74) is 1.82. The molecule has 4 aromatic rings. The Morgan fingerprint density at radius 1 is 1.09 bits per heavy atom. The van der Waals surface area contributed by atoms with Gasteiger partial charge in [0.2, 0.25) is 16.0 Å². The van der Waals surface area contributed by atoms with E-state index in [0.717, 1.165) is 11.8 Å². The van der Waals surface area contributed by atoms with Gasteiger partial charge in [0.25, 0.3) is 11.5 Å². The highest BCUT2D eigenvalue weighted by Crippen LogP contribution is 2.29. The van der Waals surface area contributed by atoms with E-state index in [9.17, 15) is 22.4 Å². The van der Waals surface area contributed by atoms with E-state index < -0.39 is 22.0 Å². The van der Waals surface area contributed by atoms with E-state index in [1.165, 1.54) is 22.8 Å². The Kier molecular flexibility index (Phi) is 8.25. The lowest BCUT2D eigenvalue weighted by Gasteiger charge is -2.36. The highest BCUT2D eigenvalue weighted by Gasteiger charge is 2.25. The number of rotatable bonds is 7. The second kappa shape index (κ2) is 11.8. The van der Waals surface area contributed by atoms with Gasteiger partial charge in [-0.2, -0.15) is 0 Å². The maximum atomic E-state index is 14.3. The number of carbonyl (C=O) groups excluding carboxylic acids is 1.